The van der Waals surface area contributed by atoms with E-state index < -0.39 is 17.5 Å². The van der Waals surface area contributed by atoms with Gasteiger partial charge in [0.1, 0.15) is 5.75 Å². The number of allylic oxidation sites excluding steroid dienone is 1. The number of carboxylic acids is 1. The van der Waals surface area contributed by atoms with Crippen molar-refractivity contribution in [3.63, 3.8) is 0 Å². The summed E-state index contributed by atoms with van der Waals surface area (Å²) >= 11 is 0. The monoisotopic (exact) mass is 226 g/mol. The average molecular weight is 226 g/mol. The molecule has 0 amide bonds. The largest absolute Gasteiger partial charge is 0.508 e. The van der Waals surface area contributed by atoms with E-state index in [1.807, 2.05) is 0 Å². The summed E-state index contributed by atoms with van der Waals surface area (Å²) in [6.45, 7) is 0. The Morgan fingerprint density at radius 3 is 2.69 bits per heavy atom. The first-order chi connectivity index (χ1) is 7.44. The molecule has 5 heteroatoms. The van der Waals surface area contributed by atoms with Crippen LogP contribution in [0.4, 0.5) is 8.78 Å². The van der Waals surface area contributed by atoms with Crippen molar-refractivity contribution >= 4 is 11.5 Å². The van der Waals surface area contributed by atoms with E-state index in [4.69, 9.17) is 5.11 Å². The lowest BCUT2D eigenvalue weighted by molar-refractivity contribution is -0.156. The number of phenolic OH excluding ortho intramolecular Hbond substituents is 1. The van der Waals surface area contributed by atoms with Gasteiger partial charge in [-0.05, 0) is 18.1 Å². The molecule has 84 valence electrons. The Labute approximate surface area is 89.6 Å². The van der Waals surface area contributed by atoms with E-state index in [9.17, 15) is 18.7 Å². The van der Waals surface area contributed by atoms with Crippen LogP contribution >= 0.6 is 0 Å². The number of benzene rings is 1. The number of carboxylic acid groups (broad SMARTS) is 1. The van der Waals surface area contributed by atoms with Gasteiger partial charge in [0.2, 0.25) is 0 Å². The molecule has 0 atom stereocenters. The van der Waals surface area contributed by atoms with Gasteiger partial charge in [0, 0.05) is 11.1 Å². The van der Waals surface area contributed by atoms with Gasteiger partial charge >= 0.3 is 11.9 Å². The zero-order valence-electron chi connectivity index (χ0n) is 8.08. The van der Waals surface area contributed by atoms with Gasteiger partial charge in [0.25, 0.3) is 0 Å². The van der Waals surface area contributed by atoms with Crippen LogP contribution in [0.3, 0.4) is 0 Å². The fraction of sp³-hybridized carbons (Fsp3) is 0.182. The molecule has 0 unspecified atom stereocenters. The molecule has 0 saturated heterocycles. The van der Waals surface area contributed by atoms with Gasteiger partial charge < -0.3 is 10.2 Å². The van der Waals surface area contributed by atoms with E-state index in [0.29, 0.717) is 5.56 Å². The van der Waals surface area contributed by atoms with Crippen LogP contribution in [0.1, 0.15) is 11.1 Å². The van der Waals surface area contributed by atoms with E-state index in [-0.39, 0.29) is 17.7 Å². The highest BCUT2D eigenvalue weighted by atomic mass is 19.3. The number of aliphatic carboxylic acids is 1. The third kappa shape index (κ3) is 1.36. The minimum absolute atomic E-state index is 0.0926. The van der Waals surface area contributed by atoms with E-state index in [0.717, 1.165) is 6.08 Å². The Kier molecular flexibility index (Phi) is 2.18. The SMILES string of the molecule is O=C(O)C(F)(F)C1=CCc2c(O)cccc21. The lowest BCUT2D eigenvalue weighted by Gasteiger charge is -2.14. The Balaban J connectivity index is 2.52. The maximum absolute atomic E-state index is 13.3. The van der Waals surface area contributed by atoms with Crippen LogP contribution in [0.25, 0.3) is 5.57 Å². The topological polar surface area (TPSA) is 57.5 Å². The number of aromatic hydroxyl groups is 1. The highest BCUT2D eigenvalue weighted by Gasteiger charge is 2.45. The summed E-state index contributed by atoms with van der Waals surface area (Å²) < 4.78 is 26.6. The molecule has 16 heavy (non-hydrogen) atoms. The summed E-state index contributed by atoms with van der Waals surface area (Å²) in [5.74, 6) is -6.20. The minimum Gasteiger partial charge on any atom is -0.508 e. The Hall–Kier alpha value is -1.91. The standard InChI is InChI=1S/C11H8F2O3/c12-11(13,10(15)16)8-5-4-7-6(8)2-1-3-9(7)14/h1-3,5,14H,4H2,(H,15,16). The first-order valence-electron chi connectivity index (χ1n) is 4.57. The Bertz CT molecular complexity index is 492. The van der Waals surface area contributed by atoms with Crippen LogP contribution in [-0.4, -0.2) is 22.1 Å². The van der Waals surface area contributed by atoms with Crippen molar-refractivity contribution in [3.8, 4) is 5.75 Å². The zero-order valence-corrected chi connectivity index (χ0v) is 8.08. The van der Waals surface area contributed by atoms with Crippen molar-refractivity contribution in [3.05, 3.63) is 35.4 Å². The summed E-state index contributed by atoms with van der Waals surface area (Å²) in [5.41, 5.74) is -0.100. The summed E-state index contributed by atoms with van der Waals surface area (Å²) in [5, 5.41) is 17.9. The van der Waals surface area contributed by atoms with Crippen LogP contribution in [0, 0.1) is 0 Å². The normalized spacial score (nSPS) is 14.5. The van der Waals surface area contributed by atoms with E-state index >= 15 is 0 Å². The molecule has 1 aromatic carbocycles. The van der Waals surface area contributed by atoms with Gasteiger partial charge in [0.05, 0.1) is 0 Å². The summed E-state index contributed by atoms with van der Waals surface area (Å²) in [7, 11) is 0. The molecule has 0 spiro atoms. The third-order valence-electron chi connectivity index (χ3n) is 2.56. The van der Waals surface area contributed by atoms with E-state index in [2.05, 4.69) is 0 Å². The number of hydrogen-bond acceptors (Lipinski definition) is 2. The van der Waals surface area contributed by atoms with Crippen molar-refractivity contribution in [2.75, 3.05) is 0 Å². The first-order valence-corrected chi connectivity index (χ1v) is 4.57. The second kappa shape index (κ2) is 3.30. The minimum atomic E-state index is -3.92. The Morgan fingerprint density at radius 2 is 2.06 bits per heavy atom. The number of halogens is 2. The van der Waals surface area contributed by atoms with Crippen LogP contribution in [-0.2, 0) is 11.2 Å². The molecule has 0 aromatic heterocycles. The highest BCUT2D eigenvalue weighted by molar-refractivity contribution is 5.95. The molecule has 2 rings (SSSR count). The summed E-state index contributed by atoms with van der Waals surface area (Å²) in [6.07, 6.45) is 1.26. The molecule has 0 bridgehead atoms. The van der Waals surface area contributed by atoms with Crippen molar-refractivity contribution in [1.82, 2.24) is 0 Å². The van der Waals surface area contributed by atoms with Gasteiger partial charge in [-0.2, -0.15) is 8.78 Å². The Morgan fingerprint density at radius 1 is 1.38 bits per heavy atom. The van der Waals surface area contributed by atoms with E-state index in [1.54, 1.807) is 0 Å². The van der Waals surface area contributed by atoms with Crippen molar-refractivity contribution in [1.29, 1.82) is 0 Å². The van der Waals surface area contributed by atoms with Crippen LogP contribution in [0.15, 0.2) is 24.3 Å². The number of phenols is 1. The summed E-state index contributed by atoms with van der Waals surface area (Å²) in [6, 6.07) is 4.17. The number of hydrogen-bond donors (Lipinski definition) is 2. The molecule has 0 saturated carbocycles. The van der Waals surface area contributed by atoms with Gasteiger partial charge in [0.15, 0.2) is 0 Å². The number of rotatable bonds is 2. The molecule has 0 heterocycles. The van der Waals surface area contributed by atoms with Gasteiger partial charge in [-0.1, -0.05) is 18.2 Å². The molecule has 3 nitrogen and oxygen atoms in total. The van der Waals surface area contributed by atoms with E-state index in [1.165, 1.54) is 18.2 Å². The highest BCUT2D eigenvalue weighted by Crippen LogP contribution is 2.41. The predicted molar refractivity (Wildman–Crippen MR) is 52.4 cm³/mol. The zero-order chi connectivity index (χ0) is 11.9. The lowest BCUT2D eigenvalue weighted by Crippen LogP contribution is -2.29. The third-order valence-corrected chi connectivity index (χ3v) is 2.56. The second-order valence-electron chi connectivity index (χ2n) is 3.50. The van der Waals surface area contributed by atoms with Crippen molar-refractivity contribution in [2.24, 2.45) is 0 Å². The van der Waals surface area contributed by atoms with Gasteiger partial charge in [-0.25, -0.2) is 4.79 Å². The molecule has 1 aromatic rings. The van der Waals surface area contributed by atoms with Crippen LogP contribution in [0.2, 0.25) is 0 Å². The van der Waals surface area contributed by atoms with Crippen molar-refractivity contribution < 1.29 is 23.8 Å². The van der Waals surface area contributed by atoms with Crippen molar-refractivity contribution in [2.45, 2.75) is 12.3 Å². The molecular weight excluding hydrogens is 218 g/mol. The number of fused-ring (bicyclic) bond motifs is 1. The molecule has 1 aliphatic carbocycles. The number of carbonyl (C=O) groups is 1. The van der Waals surface area contributed by atoms with Gasteiger partial charge in [-0.15, -0.1) is 0 Å². The molecule has 0 aliphatic heterocycles. The quantitative estimate of drug-likeness (QED) is 0.811. The molecule has 1 aliphatic rings. The molecule has 2 N–H and O–H groups in total. The predicted octanol–water partition coefficient (Wildman–Crippen LogP) is 2.05. The molecular formula is C11H8F2O3. The maximum atomic E-state index is 13.3. The van der Waals surface area contributed by atoms with Crippen LogP contribution in [0.5, 0.6) is 5.75 Å². The average Bonchev–Trinajstić information content (AvgIpc) is 2.63. The molecule has 0 fully saturated rings. The van der Waals surface area contributed by atoms with Gasteiger partial charge in [-0.3, -0.25) is 0 Å². The second-order valence-corrected chi connectivity index (χ2v) is 3.50. The van der Waals surface area contributed by atoms with Crippen LogP contribution < -0.4 is 0 Å². The fourth-order valence-electron chi connectivity index (χ4n) is 1.77. The molecule has 0 radical (unpaired) electrons. The lowest BCUT2D eigenvalue weighted by atomic mass is 10.0. The number of alkyl halides is 2. The maximum Gasteiger partial charge on any atom is 0.379 e. The smallest absolute Gasteiger partial charge is 0.379 e. The summed E-state index contributed by atoms with van der Waals surface area (Å²) in [4.78, 5) is 10.4. The first kappa shape index (κ1) is 10.6. The fourth-order valence-corrected chi connectivity index (χ4v) is 1.77.